The van der Waals surface area contributed by atoms with Gasteiger partial charge in [0, 0.05) is 5.56 Å². The maximum absolute atomic E-state index is 2.48. The Hall–Kier alpha value is -1.60. The van der Waals surface area contributed by atoms with Crippen molar-refractivity contribution in [1.82, 2.24) is 0 Å². The van der Waals surface area contributed by atoms with Crippen LogP contribution < -0.4 is 0 Å². The lowest BCUT2D eigenvalue weighted by atomic mass is 10.0. The lowest BCUT2D eigenvalue weighted by Crippen LogP contribution is -2.49. The smallest absolute Gasteiger partial charge is 0.104 e. The molecular weight excluding hydrogens is 711 g/mol. The molecule has 0 amide bonds. The molecule has 0 fully saturated rings. The van der Waals surface area contributed by atoms with E-state index in [9.17, 15) is 0 Å². The van der Waals surface area contributed by atoms with Gasteiger partial charge in [-0.05, 0) is 116 Å². The molecule has 0 N–H and O–H groups in total. The zero-order valence-electron chi connectivity index (χ0n) is 40.7. The normalized spacial score (nSPS) is 12.3. The number of benzene rings is 1. The van der Waals surface area contributed by atoms with Gasteiger partial charge in [-0.2, -0.15) is 0 Å². The van der Waals surface area contributed by atoms with E-state index in [4.69, 9.17) is 0 Å². The Labute approximate surface area is 372 Å². The standard InChI is InChI=1S/C58H106N/c1-4-7-10-13-16-19-22-25-28-31-34-37-40-43-49-54-59(57-58-52-47-46-48-53-58,55-50-44-41-38-35-32-29-26-23-20-17-14-11-8-5-2)56-51-45-42-39-36-33-30-27-24-21-18-15-12-9-6-3/h25-30,46-48,52-53H,4-24,31-45,49-51,54-57H2,1-3H3/q+1/b28-25+,29-26+,30-27+. The summed E-state index contributed by atoms with van der Waals surface area (Å²) >= 11 is 0. The van der Waals surface area contributed by atoms with Gasteiger partial charge in [-0.15, -0.1) is 0 Å². The molecule has 1 heteroatoms. The molecule has 0 aliphatic carbocycles. The first-order valence-corrected chi connectivity index (χ1v) is 27.1. The van der Waals surface area contributed by atoms with Gasteiger partial charge >= 0.3 is 0 Å². The molecule has 0 unspecified atom stereocenters. The van der Waals surface area contributed by atoms with E-state index in [1.165, 1.54) is 281 Å². The Morgan fingerprint density at radius 3 is 0.797 bits per heavy atom. The molecule has 0 spiro atoms. The molecule has 0 aliphatic heterocycles. The van der Waals surface area contributed by atoms with Crippen molar-refractivity contribution in [2.45, 2.75) is 278 Å². The number of rotatable bonds is 47. The number of hydrogen-bond donors (Lipinski definition) is 0. The van der Waals surface area contributed by atoms with Gasteiger partial charge in [0.05, 0.1) is 19.6 Å². The second-order valence-corrected chi connectivity index (χ2v) is 18.9. The summed E-state index contributed by atoms with van der Waals surface area (Å²) in [6.45, 7) is 12.3. The highest BCUT2D eigenvalue weighted by Gasteiger charge is 2.26. The highest BCUT2D eigenvalue weighted by atomic mass is 15.3. The fraction of sp³-hybridized carbons (Fsp3) is 0.793. The largest absolute Gasteiger partial charge is 0.320 e. The number of nitrogens with zero attached hydrogens (tertiary/aromatic N) is 1. The van der Waals surface area contributed by atoms with Gasteiger partial charge in [0.15, 0.2) is 0 Å². The Balaban J connectivity index is 2.54. The molecule has 0 heterocycles. The van der Waals surface area contributed by atoms with Crippen LogP contribution in [-0.4, -0.2) is 24.1 Å². The summed E-state index contributed by atoms with van der Waals surface area (Å²) in [6, 6.07) is 11.6. The van der Waals surface area contributed by atoms with E-state index >= 15 is 0 Å². The molecule has 59 heavy (non-hydrogen) atoms. The zero-order valence-corrected chi connectivity index (χ0v) is 40.7. The number of unbranched alkanes of at least 4 members (excludes halogenated alkanes) is 33. The molecular formula is C58H106N+. The molecule has 0 aliphatic rings. The van der Waals surface area contributed by atoms with E-state index in [0.29, 0.717) is 0 Å². The van der Waals surface area contributed by atoms with Crippen molar-refractivity contribution < 1.29 is 4.48 Å². The average Bonchev–Trinajstić information content (AvgIpc) is 3.25. The molecule has 0 saturated heterocycles. The minimum absolute atomic E-state index is 1.23. The number of quaternary nitrogens is 1. The summed E-state index contributed by atoms with van der Waals surface area (Å²) in [4.78, 5) is 0. The topological polar surface area (TPSA) is 0 Å². The Bertz CT molecular complexity index is 921. The van der Waals surface area contributed by atoms with E-state index in [1.807, 2.05) is 0 Å². The van der Waals surface area contributed by atoms with Gasteiger partial charge in [0.25, 0.3) is 0 Å². The lowest BCUT2D eigenvalue weighted by Gasteiger charge is -2.39. The fourth-order valence-corrected chi connectivity index (χ4v) is 9.10. The molecule has 1 nitrogen and oxygen atoms in total. The average molecular weight is 817 g/mol. The van der Waals surface area contributed by atoms with E-state index < -0.39 is 0 Å². The molecule has 342 valence electrons. The predicted molar refractivity (Wildman–Crippen MR) is 270 cm³/mol. The second kappa shape index (κ2) is 45.9. The van der Waals surface area contributed by atoms with Crippen molar-refractivity contribution in [3.05, 3.63) is 72.4 Å². The molecule has 0 radical (unpaired) electrons. The predicted octanol–water partition coefficient (Wildman–Crippen LogP) is 19.9. The minimum Gasteiger partial charge on any atom is -0.320 e. The van der Waals surface area contributed by atoms with Crippen molar-refractivity contribution in [3.63, 3.8) is 0 Å². The van der Waals surface area contributed by atoms with Crippen LogP contribution in [0.2, 0.25) is 0 Å². The van der Waals surface area contributed by atoms with Gasteiger partial charge in [-0.3, -0.25) is 0 Å². The van der Waals surface area contributed by atoms with Gasteiger partial charge in [0.2, 0.25) is 0 Å². The molecule has 0 aromatic heterocycles. The van der Waals surface area contributed by atoms with Crippen molar-refractivity contribution in [1.29, 1.82) is 0 Å². The van der Waals surface area contributed by atoms with Gasteiger partial charge < -0.3 is 4.48 Å². The van der Waals surface area contributed by atoms with Crippen LogP contribution in [0.4, 0.5) is 0 Å². The maximum Gasteiger partial charge on any atom is 0.104 e. The van der Waals surface area contributed by atoms with Crippen LogP contribution in [0.15, 0.2) is 66.8 Å². The SMILES string of the molecule is CCCCCCCC/C=C/CCCCCCC[N+](CCCCCCC/C=C/CCCCCCCC)(CCCCCCC/C=C/CCCCCCCC)Cc1ccccc1. The molecule has 0 atom stereocenters. The summed E-state index contributed by atoms with van der Waals surface area (Å²) in [6.07, 6.45) is 68.9. The molecule has 1 rings (SSSR count). The summed E-state index contributed by atoms with van der Waals surface area (Å²) in [7, 11) is 0. The third-order valence-electron chi connectivity index (χ3n) is 13.0. The first-order chi connectivity index (χ1) is 29.3. The highest BCUT2D eigenvalue weighted by Crippen LogP contribution is 2.23. The van der Waals surface area contributed by atoms with E-state index in [-0.39, 0.29) is 0 Å². The maximum atomic E-state index is 2.48. The Morgan fingerprint density at radius 2 is 0.525 bits per heavy atom. The summed E-state index contributed by atoms with van der Waals surface area (Å²) in [5.74, 6) is 0. The zero-order chi connectivity index (χ0) is 42.3. The van der Waals surface area contributed by atoms with Crippen LogP contribution in [0.1, 0.15) is 277 Å². The van der Waals surface area contributed by atoms with Gasteiger partial charge in [-0.25, -0.2) is 0 Å². The van der Waals surface area contributed by atoms with Crippen LogP contribution in [-0.2, 0) is 6.54 Å². The van der Waals surface area contributed by atoms with Gasteiger partial charge in [0.1, 0.15) is 6.54 Å². The second-order valence-electron chi connectivity index (χ2n) is 18.9. The lowest BCUT2D eigenvalue weighted by molar-refractivity contribution is -0.941. The third-order valence-corrected chi connectivity index (χ3v) is 13.0. The Kier molecular flexibility index (Phi) is 43.1. The monoisotopic (exact) mass is 817 g/mol. The quantitative estimate of drug-likeness (QED) is 0.0349. The minimum atomic E-state index is 1.23. The van der Waals surface area contributed by atoms with Crippen LogP contribution in [0.25, 0.3) is 0 Å². The third kappa shape index (κ3) is 39.0. The highest BCUT2D eigenvalue weighted by molar-refractivity contribution is 5.13. The van der Waals surface area contributed by atoms with Crippen molar-refractivity contribution >= 4 is 0 Å². The molecule has 0 saturated carbocycles. The number of allylic oxidation sites excluding steroid dienone is 6. The van der Waals surface area contributed by atoms with Crippen molar-refractivity contribution in [2.75, 3.05) is 19.6 Å². The van der Waals surface area contributed by atoms with E-state index in [1.54, 1.807) is 5.56 Å². The Morgan fingerprint density at radius 1 is 0.288 bits per heavy atom. The summed E-state index contributed by atoms with van der Waals surface area (Å²) in [5.41, 5.74) is 1.56. The van der Waals surface area contributed by atoms with Crippen LogP contribution in [0, 0.1) is 0 Å². The first-order valence-electron chi connectivity index (χ1n) is 27.1. The van der Waals surface area contributed by atoms with Crippen molar-refractivity contribution in [3.8, 4) is 0 Å². The van der Waals surface area contributed by atoms with E-state index in [0.717, 1.165) is 0 Å². The summed E-state index contributed by atoms with van der Waals surface area (Å²) in [5, 5.41) is 0. The fourth-order valence-electron chi connectivity index (χ4n) is 9.10. The van der Waals surface area contributed by atoms with Crippen LogP contribution in [0.3, 0.4) is 0 Å². The first kappa shape index (κ1) is 55.4. The molecule has 1 aromatic rings. The molecule has 1 aromatic carbocycles. The molecule has 0 bridgehead atoms. The van der Waals surface area contributed by atoms with Crippen LogP contribution >= 0.6 is 0 Å². The van der Waals surface area contributed by atoms with Crippen LogP contribution in [0.5, 0.6) is 0 Å². The number of hydrogen-bond acceptors (Lipinski definition) is 0. The van der Waals surface area contributed by atoms with Crippen molar-refractivity contribution in [2.24, 2.45) is 0 Å². The van der Waals surface area contributed by atoms with Gasteiger partial charge in [-0.1, -0.05) is 222 Å². The van der Waals surface area contributed by atoms with E-state index in [2.05, 4.69) is 87.6 Å². The summed E-state index contributed by atoms with van der Waals surface area (Å²) < 4.78 is 1.33.